The molecule has 2 aromatic carbocycles. The molecule has 93 heavy (non-hydrogen) atoms. The number of aromatic nitrogens is 4. The number of thioether (sulfide) groups is 1. The fraction of sp³-hybridized carbons (Fsp3) is 0.477. The summed E-state index contributed by atoms with van der Waals surface area (Å²) in [5.74, 6) is 3.35. The topological polar surface area (TPSA) is 343 Å². The number of para-hydroxylation sites is 1. The molecule has 26 nitrogen and oxygen atoms in total. The Balaban J connectivity index is 0.764. The molecule has 1 atom stereocenters. The molecule has 6 N–H and O–H groups in total. The second-order valence-corrected chi connectivity index (χ2v) is 27.0. The van der Waals surface area contributed by atoms with Crippen LogP contribution in [0.2, 0.25) is 0 Å². The van der Waals surface area contributed by atoms with Gasteiger partial charge in [-0.1, -0.05) is 67.8 Å². The van der Waals surface area contributed by atoms with E-state index in [2.05, 4.69) is 67.4 Å². The van der Waals surface area contributed by atoms with E-state index in [1.807, 2.05) is 52.0 Å². The summed E-state index contributed by atoms with van der Waals surface area (Å²) in [6, 6.07) is 14.9. The van der Waals surface area contributed by atoms with E-state index in [-0.39, 0.29) is 69.0 Å². The van der Waals surface area contributed by atoms with E-state index >= 15 is 0 Å². The Hall–Kier alpha value is -8.62. The van der Waals surface area contributed by atoms with Gasteiger partial charge in [0, 0.05) is 90.2 Å². The van der Waals surface area contributed by atoms with Gasteiger partial charge in [-0.15, -0.1) is 0 Å². The number of ether oxygens (including phenoxy) is 5. The van der Waals surface area contributed by atoms with E-state index in [1.165, 1.54) is 15.1 Å². The molecule has 2 aliphatic rings. The number of hydrogen-bond acceptors (Lipinski definition) is 21. The van der Waals surface area contributed by atoms with Gasteiger partial charge in [0.2, 0.25) is 39.8 Å². The SMILES string of the molecule is CCC(CC)Sc1ncc(C#CCCCC(=O)NC/C(=C/NCC(C)(C)OCCC(C)(C)NC(=O)COCC(=O)NCC(=O)Nc2ccc(COC(=O)O[C@@H]3C(=O)OCc4c3cc3n(c4=O)Cc4c-3nc3ccccc3c4CCN(C(C)C)S(C)(=O)=O)cc2)N=N)cn1. The molecular formula is C65H82N12O14S2. The zero-order valence-corrected chi connectivity index (χ0v) is 55.5. The molecule has 5 heterocycles. The molecule has 0 saturated carbocycles. The van der Waals surface area contributed by atoms with Gasteiger partial charge in [-0.2, -0.15) is 9.42 Å². The van der Waals surface area contributed by atoms with Gasteiger partial charge in [0.25, 0.3) is 5.56 Å². The number of pyridine rings is 2. The van der Waals surface area contributed by atoms with Crippen molar-refractivity contribution in [3.8, 4) is 23.2 Å². The largest absolute Gasteiger partial charge is 0.509 e. The van der Waals surface area contributed by atoms with E-state index < -0.39 is 82.4 Å². The first-order valence-corrected chi connectivity index (χ1v) is 33.4. The number of nitrogens with one attached hydrogen (secondary N) is 6. The molecule has 0 fully saturated rings. The number of benzene rings is 2. The first-order chi connectivity index (χ1) is 44.3. The van der Waals surface area contributed by atoms with Gasteiger partial charge in [-0.05, 0) is 109 Å². The summed E-state index contributed by atoms with van der Waals surface area (Å²) >= 11 is 1.67. The van der Waals surface area contributed by atoms with Crippen molar-refractivity contribution in [3.63, 3.8) is 0 Å². The Labute approximate surface area is 545 Å². The van der Waals surface area contributed by atoms with Crippen LogP contribution in [-0.4, -0.2) is 143 Å². The molecule has 0 spiro atoms. The number of carbonyl (C=O) groups is 6. The van der Waals surface area contributed by atoms with Crippen LogP contribution in [0.3, 0.4) is 0 Å². The van der Waals surface area contributed by atoms with Gasteiger partial charge in [0.15, 0.2) is 5.16 Å². The van der Waals surface area contributed by atoms with Crippen molar-refractivity contribution in [1.29, 1.82) is 5.53 Å². The van der Waals surface area contributed by atoms with Crippen LogP contribution in [0.25, 0.3) is 22.3 Å². The minimum Gasteiger partial charge on any atom is -0.458 e. The zero-order chi connectivity index (χ0) is 67.5. The number of nitrogens with zero attached hydrogens (tertiary/aromatic N) is 6. The van der Waals surface area contributed by atoms with Crippen molar-refractivity contribution in [1.82, 2.24) is 45.1 Å². The third-order valence-corrected chi connectivity index (χ3v) is 18.0. The van der Waals surface area contributed by atoms with Gasteiger partial charge in [0.05, 0.1) is 65.2 Å². The molecule has 0 bridgehead atoms. The molecule has 0 unspecified atom stereocenters. The molecule has 0 saturated heterocycles. The number of amides is 4. The summed E-state index contributed by atoms with van der Waals surface area (Å²) in [5, 5.41) is 19.4. The van der Waals surface area contributed by atoms with Crippen LogP contribution in [0.4, 0.5) is 10.5 Å². The fourth-order valence-electron chi connectivity index (χ4n) is 10.2. The number of carbonyl (C=O) groups excluding carboxylic acids is 6. The van der Waals surface area contributed by atoms with Gasteiger partial charge < -0.3 is 54.8 Å². The molecular weight excluding hydrogens is 1240 g/mol. The van der Waals surface area contributed by atoms with Crippen molar-refractivity contribution in [3.05, 3.63) is 123 Å². The highest BCUT2D eigenvalue weighted by atomic mass is 32.2. The second-order valence-electron chi connectivity index (χ2n) is 23.8. The highest BCUT2D eigenvalue weighted by Gasteiger charge is 2.39. The van der Waals surface area contributed by atoms with Crippen LogP contribution in [-0.2, 0) is 83.9 Å². The van der Waals surface area contributed by atoms with Crippen molar-refractivity contribution < 1.29 is 60.9 Å². The van der Waals surface area contributed by atoms with E-state index in [0.717, 1.165) is 40.1 Å². The number of hydrogen-bond donors (Lipinski definition) is 6. The molecule has 498 valence electrons. The van der Waals surface area contributed by atoms with Crippen molar-refractivity contribution in [2.24, 2.45) is 5.11 Å². The summed E-state index contributed by atoms with van der Waals surface area (Å²) in [4.78, 5) is 105. The van der Waals surface area contributed by atoms with E-state index in [4.69, 9.17) is 34.2 Å². The molecule has 5 aromatic rings. The van der Waals surface area contributed by atoms with Gasteiger partial charge >= 0.3 is 12.1 Å². The zero-order valence-electron chi connectivity index (χ0n) is 53.9. The maximum Gasteiger partial charge on any atom is 0.509 e. The maximum absolute atomic E-state index is 14.1. The number of unbranched alkanes of at least 4 members (excludes halogenated alkanes) is 1. The third-order valence-electron chi connectivity index (χ3n) is 15.1. The van der Waals surface area contributed by atoms with Crippen LogP contribution < -0.4 is 32.1 Å². The first-order valence-electron chi connectivity index (χ1n) is 30.6. The maximum atomic E-state index is 14.1. The molecule has 0 radical (unpaired) electrons. The molecule has 2 aliphatic heterocycles. The number of anilines is 1. The van der Waals surface area contributed by atoms with Gasteiger partial charge in [0.1, 0.15) is 26.4 Å². The predicted molar refractivity (Wildman–Crippen MR) is 348 cm³/mol. The van der Waals surface area contributed by atoms with E-state index in [0.29, 0.717) is 71.3 Å². The lowest BCUT2D eigenvalue weighted by Gasteiger charge is -2.30. The number of esters is 1. The average Bonchev–Trinajstić information content (AvgIpc) is 1.61. The second kappa shape index (κ2) is 33.3. The lowest BCUT2D eigenvalue weighted by Crippen LogP contribution is -2.47. The van der Waals surface area contributed by atoms with Gasteiger partial charge in [-0.3, -0.25) is 24.0 Å². The third kappa shape index (κ3) is 21.2. The van der Waals surface area contributed by atoms with Crippen molar-refractivity contribution in [2.45, 2.75) is 154 Å². The summed E-state index contributed by atoms with van der Waals surface area (Å²) in [6.07, 6.45) is 7.53. The summed E-state index contributed by atoms with van der Waals surface area (Å²) in [6.45, 7) is 14.4. The smallest absolute Gasteiger partial charge is 0.458 e. The standard InChI is InChI=1S/C65H82N12O14S2/c1-10-46(11-2)92-62-70-30-43(31-71-62)17-13-12-14-20-54(78)68-33-45(75-66)32-67-40-65(7,8)90-28-26-64(5,6)74-57(81)39-87-38-56(80)69-34-55(79)72-44-23-21-42(22-24-44)36-89-63(84)91-59-49-29-53-58-50(35-76(53)60(82)51(49)37-88-61(59)83)47(48-18-15-16-19-52(48)73-58)25-27-77(41(3)4)93(9,85)86/h15-16,18-19,21-24,29-32,41,46,59,66-67H,10-12,14,20,25-28,33-40H2,1-9H3,(H,68,78)(H,69,80)(H,72,79)(H,74,81)/b45-32-,75-66?/t59-/m0/s1. The lowest BCUT2D eigenvalue weighted by molar-refractivity contribution is -0.159. The van der Waals surface area contributed by atoms with Crippen LogP contribution in [0, 0.1) is 17.4 Å². The van der Waals surface area contributed by atoms with Crippen LogP contribution in [0.1, 0.15) is 133 Å². The normalized spacial score (nSPS) is 13.7. The molecule has 0 aliphatic carbocycles. The Bertz CT molecular complexity index is 3810. The van der Waals surface area contributed by atoms with Gasteiger partial charge in [-0.25, -0.2) is 38.5 Å². The van der Waals surface area contributed by atoms with Crippen LogP contribution >= 0.6 is 11.8 Å². The molecule has 7 rings (SSSR count). The number of cyclic esters (lactones) is 1. The monoisotopic (exact) mass is 1320 g/mol. The Morgan fingerprint density at radius 2 is 1.66 bits per heavy atom. The Morgan fingerprint density at radius 1 is 0.946 bits per heavy atom. The van der Waals surface area contributed by atoms with Crippen LogP contribution in [0.15, 0.2) is 94.0 Å². The summed E-state index contributed by atoms with van der Waals surface area (Å²) < 4.78 is 55.9. The molecule has 3 aromatic heterocycles. The predicted octanol–water partition coefficient (Wildman–Crippen LogP) is 7.11. The molecule has 4 amide bonds. The first kappa shape index (κ1) is 71.8. The van der Waals surface area contributed by atoms with Crippen molar-refractivity contribution in [2.75, 3.05) is 57.6 Å². The minimum absolute atomic E-state index is 0.0684. The quantitative estimate of drug-likeness (QED) is 0.00597. The minimum atomic E-state index is -3.53. The Morgan fingerprint density at radius 3 is 2.35 bits per heavy atom. The summed E-state index contributed by atoms with van der Waals surface area (Å²) in [5.41, 5.74) is 10.9. The number of fused-ring (bicyclic) bond motifs is 5. The lowest BCUT2D eigenvalue weighted by atomic mass is 9.97. The van der Waals surface area contributed by atoms with E-state index in [1.54, 1.807) is 74.5 Å². The summed E-state index contributed by atoms with van der Waals surface area (Å²) in [7, 11) is -3.53. The highest BCUT2D eigenvalue weighted by Crippen LogP contribution is 2.39. The number of rotatable bonds is 33. The van der Waals surface area contributed by atoms with Crippen LogP contribution in [0.5, 0.6) is 0 Å². The Kier molecular flexibility index (Phi) is 25.7. The highest BCUT2D eigenvalue weighted by molar-refractivity contribution is 7.99. The van der Waals surface area contributed by atoms with Crippen molar-refractivity contribution >= 4 is 74.1 Å². The average molecular weight is 1320 g/mol. The fourth-order valence-corrected chi connectivity index (χ4v) is 12.2. The molecule has 28 heteroatoms. The number of sulfonamides is 1. The van der Waals surface area contributed by atoms with E-state index in [9.17, 15) is 42.0 Å².